The predicted molar refractivity (Wildman–Crippen MR) is 59.1 cm³/mol. The average molecular weight is 281 g/mol. The maximum Gasteiger partial charge on any atom is 0.416 e. The van der Waals surface area contributed by atoms with Crippen molar-refractivity contribution < 1.29 is 27.1 Å². The van der Waals surface area contributed by atoms with Gasteiger partial charge >= 0.3 is 6.18 Å². The normalized spacial score (nSPS) is 18.9. The van der Waals surface area contributed by atoms with E-state index >= 15 is 0 Å². The second-order valence-corrected chi connectivity index (χ2v) is 4.52. The van der Waals surface area contributed by atoms with Crippen molar-refractivity contribution in [1.29, 1.82) is 0 Å². The molecule has 0 unspecified atom stereocenters. The Morgan fingerprint density at radius 3 is 2.42 bits per heavy atom. The Kier molecular flexibility index (Phi) is 3.42. The van der Waals surface area contributed by atoms with E-state index in [2.05, 4.69) is 0 Å². The number of hydrogen-bond acceptors (Lipinski definition) is 2. The lowest BCUT2D eigenvalue weighted by atomic mass is 10.1. The highest BCUT2D eigenvalue weighted by Gasteiger charge is 2.39. The van der Waals surface area contributed by atoms with Gasteiger partial charge in [0.15, 0.2) is 0 Å². The van der Waals surface area contributed by atoms with Crippen LogP contribution in [0.3, 0.4) is 0 Å². The molecule has 0 bridgehead atoms. The zero-order valence-electron chi connectivity index (χ0n) is 9.84. The summed E-state index contributed by atoms with van der Waals surface area (Å²) in [5, 5.41) is 8.89. The van der Waals surface area contributed by atoms with Gasteiger partial charge in [-0.15, -0.1) is 0 Å². The number of halogens is 5. The molecule has 0 amide bonds. The number of nitrogens with zero attached hydrogens (tertiary/aromatic N) is 1. The van der Waals surface area contributed by atoms with Crippen molar-refractivity contribution >= 4 is 5.69 Å². The molecule has 2 rings (SSSR count). The molecule has 1 heterocycles. The fourth-order valence-corrected chi connectivity index (χ4v) is 2.12. The van der Waals surface area contributed by atoms with Gasteiger partial charge in [-0.2, -0.15) is 13.2 Å². The van der Waals surface area contributed by atoms with Gasteiger partial charge in [0.05, 0.1) is 18.7 Å². The van der Waals surface area contributed by atoms with Crippen LogP contribution in [0.4, 0.5) is 27.6 Å². The fourth-order valence-electron chi connectivity index (χ4n) is 2.12. The van der Waals surface area contributed by atoms with Crippen molar-refractivity contribution in [2.75, 3.05) is 18.0 Å². The molecular formula is C12H12F5NO. The molecule has 1 saturated heterocycles. The minimum Gasteiger partial charge on any atom is -0.392 e. The summed E-state index contributed by atoms with van der Waals surface area (Å²) < 4.78 is 64.4. The van der Waals surface area contributed by atoms with Crippen molar-refractivity contribution in [1.82, 2.24) is 0 Å². The largest absolute Gasteiger partial charge is 0.416 e. The summed E-state index contributed by atoms with van der Waals surface area (Å²) in [5.74, 6) is -2.87. The first-order valence-corrected chi connectivity index (χ1v) is 5.67. The quantitative estimate of drug-likeness (QED) is 0.842. The molecule has 1 aromatic carbocycles. The molecule has 1 aliphatic heterocycles. The van der Waals surface area contributed by atoms with Crippen LogP contribution < -0.4 is 4.90 Å². The van der Waals surface area contributed by atoms with E-state index in [9.17, 15) is 22.0 Å². The number of aliphatic hydroxyl groups is 1. The first-order valence-electron chi connectivity index (χ1n) is 5.67. The number of anilines is 1. The Labute approximate surface area is 106 Å². The maximum atomic E-state index is 13.1. The van der Waals surface area contributed by atoms with E-state index in [1.165, 1.54) is 11.0 Å². The van der Waals surface area contributed by atoms with E-state index in [1.807, 2.05) is 0 Å². The van der Waals surface area contributed by atoms with Crippen LogP contribution in [0.1, 0.15) is 17.5 Å². The van der Waals surface area contributed by atoms with Crippen LogP contribution in [0.5, 0.6) is 0 Å². The van der Waals surface area contributed by atoms with E-state index in [4.69, 9.17) is 5.11 Å². The number of rotatable bonds is 2. The zero-order valence-corrected chi connectivity index (χ0v) is 9.84. The Morgan fingerprint density at radius 2 is 1.95 bits per heavy atom. The van der Waals surface area contributed by atoms with Crippen LogP contribution >= 0.6 is 0 Å². The van der Waals surface area contributed by atoms with Gasteiger partial charge in [0, 0.05) is 18.7 Å². The summed E-state index contributed by atoms with van der Waals surface area (Å²) in [7, 11) is 0. The van der Waals surface area contributed by atoms with E-state index in [0.717, 1.165) is 12.1 Å². The molecule has 0 aliphatic carbocycles. The van der Waals surface area contributed by atoms with Gasteiger partial charge in [-0.05, 0) is 17.7 Å². The smallest absolute Gasteiger partial charge is 0.392 e. The molecule has 0 radical (unpaired) electrons. The van der Waals surface area contributed by atoms with Gasteiger partial charge in [0.1, 0.15) is 0 Å². The second kappa shape index (κ2) is 4.63. The molecule has 0 saturated carbocycles. The van der Waals surface area contributed by atoms with Crippen LogP contribution in [-0.4, -0.2) is 24.1 Å². The van der Waals surface area contributed by atoms with Crippen molar-refractivity contribution in [3.63, 3.8) is 0 Å². The van der Waals surface area contributed by atoms with Crippen LogP contribution in [0.15, 0.2) is 18.2 Å². The fraction of sp³-hybridized carbons (Fsp3) is 0.500. The van der Waals surface area contributed by atoms with Crippen molar-refractivity contribution in [3.05, 3.63) is 29.3 Å². The highest BCUT2D eigenvalue weighted by atomic mass is 19.4. The van der Waals surface area contributed by atoms with Crippen LogP contribution in [0, 0.1) is 0 Å². The molecule has 1 aliphatic rings. The minimum absolute atomic E-state index is 0.0166. The molecule has 0 aromatic heterocycles. The number of benzene rings is 1. The number of alkyl halides is 5. The average Bonchev–Trinajstić information content (AvgIpc) is 2.68. The van der Waals surface area contributed by atoms with E-state index in [0.29, 0.717) is 0 Å². The second-order valence-electron chi connectivity index (χ2n) is 4.52. The summed E-state index contributed by atoms with van der Waals surface area (Å²) in [6.45, 7) is -1.31. The lowest BCUT2D eigenvalue weighted by Gasteiger charge is -2.21. The lowest BCUT2D eigenvalue weighted by molar-refractivity contribution is -0.138. The van der Waals surface area contributed by atoms with Gasteiger partial charge in [-0.25, -0.2) is 8.78 Å². The third-order valence-electron chi connectivity index (χ3n) is 3.10. The third kappa shape index (κ3) is 2.97. The van der Waals surface area contributed by atoms with Crippen molar-refractivity contribution in [2.45, 2.75) is 25.1 Å². The monoisotopic (exact) mass is 281 g/mol. The standard InChI is InChI=1S/C12H12F5NO/c13-11(14)3-4-18(7-11)9-2-1-8(6-19)10(5-9)12(15,16)17/h1-2,5,19H,3-4,6-7H2. The van der Waals surface area contributed by atoms with Gasteiger partial charge in [0.2, 0.25) is 0 Å². The third-order valence-corrected chi connectivity index (χ3v) is 3.10. The number of aliphatic hydroxyl groups excluding tert-OH is 1. The topological polar surface area (TPSA) is 23.5 Å². The molecule has 1 fully saturated rings. The summed E-state index contributed by atoms with van der Waals surface area (Å²) in [5.41, 5.74) is -1.15. The molecule has 7 heteroatoms. The Balaban J connectivity index is 2.34. The summed E-state index contributed by atoms with van der Waals surface area (Å²) in [6, 6.07) is 3.25. The molecule has 0 atom stereocenters. The first-order chi connectivity index (χ1) is 8.73. The first kappa shape index (κ1) is 14.0. The lowest BCUT2D eigenvalue weighted by Crippen LogP contribution is -2.25. The number of hydrogen-bond donors (Lipinski definition) is 1. The predicted octanol–water partition coefficient (Wildman–Crippen LogP) is 3.04. The van der Waals surface area contributed by atoms with Crippen LogP contribution in [-0.2, 0) is 12.8 Å². The molecular weight excluding hydrogens is 269 g/mol. The molecule has 0 spiro atoms. The van der Waals surface area contributed by atoms with Gasteiger partial charge in [-0.3, -0.25) is 0 Å². The Bertz CT molecular complexity index is 472. The van der Waals surface area contributed by atoms with Gasteiger partial charge < -0.3 is 10.0 Å². The van der Waals surface area contributed by atoms with E-state index in [1.54, 1.807) is 0 Å². The molecule has 1 aromatic rings. The zero-order chi connectivity index (χ0) is 14.3. The Hall–Kier alpha value is -1.37. The summed E-state index contributed by atoms with van der Waals surface area (Å²) in [4.78, 5) is 1.22. The van der Waals surface area contributed by atoms with Gasteiger partial charge in [0.25, 0.3) is 5.92 Å². The Morgan fingerprint density at radius 1 is 1.26 bits per heavy atom. The highest BCUT2D eigenvalue weighted by Crippen LogP contribution is 2.37. The SMILES string of the molecule is OCc1ccc(N2CCC(F)(F)C2)cc1C(F)(F)F. The van der Waals surface area contributed by atoms with E-state index < -0.39 is 30.8 Å². The van der Waals surface area contributed by atoms with Gasteiger partial charge in [-0.1, -0.05) is 6.07 Å². The van der Waals surface area contributed by atoms with Crippen LogP contribution in [0.2, 0.25) is 0 Å². The van der Waals surface area contributed by atoms with Crippen LogP contribution in [0.25, 0.3) is 0 Å². The van der Waals surface area contributed by atoms with Crippen molar-refractivity contribution in [3.8, 4) is 0 Å². The summed E-state index contributed by atoms with van der Waals surface area (Å²) in [6.07, 6.45) is -4.98. The molecule has 19 heavy (non-hydrogen) atoms. The molecule has 1 N–H and O–H groups in total. The van der Waals surface area contributed by atoms with E-state index in [-0.39, 0.29) is 24.2 Å². The molecule has 2 nitrogen and oxygen atoms in total. The molecule has 106 valence electrons. The summed E-state index contributed by atoms with van der Waals surface area (Å²) >= 11 is 0. The maximum absolute atomic E-state index is 13.1. The van der Waals surface area contributed by atoms with Crippen molar-refractivity contribution in [2.24, 2.45) is 0 Å². The minimum atomic E-state index is -4.61. The highest BCUT2D eigenvalue weighted by molar-refractivity contribution is 5.53.